The Morgan fingerprint density at radius 1 is 1.54 bits per heavy atom. The predicted octanol–water partition coefficient (Wildman–Crippen LogP) is 1.74. The number of hydrogen-bond donors (Lipinski definition) is 0. The summed E-state index contributed by atoms with van der Waals surface area (Å²) in [5.74, 6) is -0.334. The molecule has 0 aromatic carbocycles. The van der Waals surface area contributed by atoms with E-state index in [0.717, 1.165) is 24.7 Å². The van der Waals surface area contributed by atoms with Crippen molar-refractivity contribution in [3.05, 3.63) is 29.8 Å². The van der Waals surface area contributed by atoms with Crippen LogP contribution in [0.15, 0.2) is 18.5 Å². The van der Waals surface area contributed by atoms with Crippen molar-refractivity contribution in [2.24, 2.45) is 5.41 Å². The Morgan fingerprint density at radius 2 is 2.31 bits per heavy atom. The number of rotatable bonds is 3. The lowest BCUT2D eigenvalue weighted by Gasteiger charge is -2.05. The monoisotopic (exact) mass is 179 g/mol. The maximum Gasteiger partial charge on any atom is 0.141 e. The standard InChI is InChI=1S/C10H10FNO/c11-9-3-8(5-12-6-9)4-10(7-13)1-2-10/h3,5-7H,1-2,4H2. The fourth-order valence-corrected chi connectivity index (χ4v) is 1.46. The highest BCUT2D eigenvalue weighted by Crippen LogP contribution is 2.46. The van der Waals surface area contributed by atoms with E-state index in [2.05, 4.69) is 4.98 Å². The van der Waals surface area contributed by atoms with Crippen LogP contribution in [0.2, 0.25) is 0 Å². The molecule has 0 saturated heterocycles. The average molecular weight is 179 g/mol. The molecular weight excluding hydrogens is 169 g/mol. The van der Waals surface area contributed by atoms with Crippen molar-refractivity contribution in [1.29, 1.82) is 0 Å². The molecule has 2 rings (SSSR count). The van der Waals surface area contributed by atoms with Gasteiger partial charge < -0.3 is 4.79 Å². The van der Waals surface area contributed by atoms with Gasteiger partial charge in [0.05, 0.1) is 6.20 Å². The third-order valence-corrected chi connectivity index (χ3v) is 2.46. The molecule has 0 aliphatic heterocycles. The Morgan fingerprint density at radius 3 is 2.85 bits per heavy atom. The lowest BCUT2D eigenvalue weighted by atomic mass is 10.00. The van der Waals surface area contributed by atoms with Crippen LogP contribution in [0.25, 0.3) is 0 Å². The summed E-state index contributed by atoms with van der Waals surface area (Å²) in [5, 5.41) is 0. The molecule has 0 unspecified atom stereocenters. The minimum absolute atomic E-state index is 0.199. The van der Waals surface area contributed by atoms with Gasteiger partial charge in [-0.1, -0.05) is 0 Å². The first-order valence-electron chi connectivity index (χ1n) is 4.30. The van der Waals surface area contributed by atoms with Gasteiger partial charge in [-0.3, -0.25) is 4.98 Å². The lowest BCUT2D eigenvalue weighted by Crippen LogP contribution is -2.06. The first-order valence-corrected chi connectivity index (χ1v) is 4.30. The zero-order valence-electron chi connectivity index (χ0n) is 7.16. The summed E-state index contributed by atoms with van der Waals surface area (Å²) in [6.45, 7) is 0. The van der Waals surface area contributed by atoms with E-state index < -0.39 is 0 Å². The van der Waals surface area contributed by atoms with E-state index in [1.807, 2.05) is 0 Å². The average Bonchev–Trinajstić information content (AvgIpc) is 2.86. The Kier molecular flexibility index (Phi) is 1.87. The number of hydrogen-bond acceptors (Lipinski definition) is 2. The summed E-state index contributed by atoms with van der Waals surface area (Å²) in [7, 11) is 0. The van der Waals surface area contributed by atoms with Crippen LogP contribution in [0.3, 0.4) is 0 Å². The number of aromatic nitrogens is 1. The van der Waals surface area contributed by atoms with Gasteiger partial charge >= 0.3 is 0 Å². The van der Waals surface area contributed by atoms with Crippen molar-refractivity contribution in [1.82, 2.24) is 4.98 Å². The molecule has 1 aliphatic rings. The SMILES string of the molecule is O=CC1(Cc2cncc(F)c2)CC1. The van der Waals surface area contributed by atoms with E-state index in [0.29, 0.717) is 6.42 Å². The molecule has 1 aromatic rings. The van der Waals surface area contributed by atoms with Gasteiger partial charge in [-0.25, -0.2) is 4.39 Å². The molecule has 0 atom stereocenters. The fourth-order valence-electron chi connectivity index (χ4n) is 1.46. The molecule has 0 N–H and O–H groups in total. The number of nitrogens with zero attached hydrogens (tertiary/aromatic N) is 1. The molecule has 3 heteroatoms. The highest BCUT2D eigenvalue weighted by atomic mass is 19.1. The largest absolute Gasteiger partial charge is 0.303 e. The molecule has 1 aromatic heterocycles. The van der Waals surface area contributed by atoms with Gasteiger partial charge in [0, 0.05) is 11.6 Å². The topological polar surface area (TPSA) is 30.0 Å². The van der Waals surface area contributed by atoms with E-state index in [1.54, 1.807) is 6.20 Å². The third kappa shape index (κ3) is 1.74. The molecule has 68 valence electrons. The molecule has 0 radical (unpaired) electrons. The second-order valence-electron chi connectivity index (χ2n) is 3.67. The number of halogens is 1. The van der Waals surface area contributed by atoms with Gasteiger partial charge in [-0.05, 0) is 30.9 Å². The maximum absolute atomic E-state index is 12.7. The Balaban J connectivity index is 2.14. The van der Waals surface area contributed by atoms with Crippen LogP contribution in [0.4, 0.5) is 4.39 Å². The normalized spacial score (nSPS) is 18.2. The van der Waals surface area contributed by atoms with Crippen LogP contribution in [0, 0.1) is 11.2 Å². The molecule has 1 saturated carbocycles. The number of aldehydes is 1. The fraction of sp³-hybridized carbons (Fsp3) is 0.400. The predicted molar refractivity (Wildman–Crippen MR) is 45.6 cm³/mol. The molecule has 0 amide bonds. The van der Waals surface area contributed by atoms with E-state index in [4.69, 9.17) is 0 Å². The highest BCUT2D eigenvalue weighted by molar-refractivity contribution is 5.64. The Bertz CT molecular complexity index is 333. The maximum atomic E-state index is 12.7. The zero-order chi connectivity index (χ0) is 9.31. The van der Waals surface area contributed by atoms with Crippen LogP contribution in [-0.2, 0) is 11.2 Å². The second-order valence-corrected chi connectivity index (χ2v) is 3.67. The van der Waals surface area contributed by atoms with Gasteiger partial charge in [-0.15, -0.1) is 0 Å². The summed E-state index contributed by atoms with van der Waals surface area (Å²) in [5.41, 5.74) is 0.611. The molecule has 1 aliphatic carbocycles. The van der Waals surface area contributed by atoms with E-state index in [1.165, 1.54) is 12.3 Å². The molecule has 0 bridgehead atoms. The van der Waals surface area contributed by atoms with Crippen molar-refractivity contribution >= 4 is 6.29 Å². The first-order chi connectivity index (χ1) is 6.24. The van der Waals surface area contributed by atoms with E-state index >= 15 is 0 Å². The van der Waals surface area contributed by atoms with Crippen molar-refractivity contribution in [2.75, 3.05) is 0 Å². The minimum atomic E-state index is -0.334. The van der Waals surface area contributed by atoms with Crippen LogP contribution >= 0.6 is 0 Å². The van der Waals surface area contributed by atoms with E-state index in [-0.39, 0.29) is 11.2 Å². The summed E-state index contributed by atoms with van der Waals surface area (Å²) < 4.78 is 12.7. The quantitative estimate of drug-likeness (QED) is 0.661. The zero-order valence-corrected chi connectivity index (χ0v) is 7.16. The van der Waals surface area contributed by atoms with E-state index in [9.17, 15) is 9.18 Å². The summed E-state index contributed by atoms with van der Waals surface area (Å²) in [4.78, 5) is 14.4. The molecule has 13 heavy (non-hydrogen) atoms. The molecule has 0 spiro atoms. The minimum Gasteiger partial charge on any atom is -0.303 e. The second kappa shape index (κ2) is 2.91. The number of carbonyl (C=O) groups is 1. The summed E-state index contributed by atoms with van der Waals surface area (Å²) in [6, 6.07) is 1.44. The number of pyridine rings is 1. The van der Waals surface area contributed by atoms with Crippen LogP contribution < -0.4 is 0 Å². The van der Waals surface area contributed by atoms with Crippen LogP contribution in [-0.4, -0.2) is 11.3 Å². The van der Waals surface area contributed by atoms with Crippen LogP contribution in [0.5, 0.6) is 0 Å². The number of carbonyl (C=O) groups excluding carboxylic acids is 1. The highest BCUT2D eigenvalue weighted by Gasteiger charge is 2.42. The summed E-state index contributed by atoms with van der Waals surface area (Å²) in [6.07, 6.45) is 6.25. The van der Waals surface area contributed by atoms with Gasteiger partial charge in [-0.2, -0.15) is 0 Å². The van der Waals surface area contributed by atoms with Crippen molar-refractivity contribution in [3.8, 4) is 0 Å². The van der Waals surface area contributed by atoms with Gasteiger partial charge in [0.15, 0.2) is 0 Å². The van der Waals surface area contributed by atoms with Gasteiger partial charge in [0.1, 0.15) is 12.1 Å². The Hall–Kier alpha value is -1.25. The molecule has 1 heterocycles. The van der Waals surface area contributed by atoms with Crippen molar-refractivity contribution in [3.63, 3.8) is 0 Å². The smallest absolute Gasteiger partial charge is 0.141 e. The molecule has 1 fully saturated rings. The summed E-state index contributed by atoms with van der Waals surface area (Å²) >= 11 is 0. The van der Waals surface area contributed by atoms with Crippen LogP contribution in [0.1, 0.15) is 18.4 Å². The van der Waals surface area contributed by atoms with Gasteiger partial charge in [0.2, 0.25) is 0 Å². The Labute approximate surface area is 75.8 Å². The molecular formula is C10H10FNO. The van der Waals surface area contributed by atoms with Gasteiger partial charge in [0.25, 0.3) is 0 Å². The van der Waals surface area contributed by atoms with Crippen molar-refractivity contribution in [2.45, 2.75) is 19.3 Å². The first kappa shape index (κ1) is 8.35. The lowest BCUT2D eigenvalue weighted by molar-refractivity contribution is -0.112. The van der Waals surface area contributed by atoms with Crippen molar-refractivity contribution < 1.29 is 9.18 Å². The third-order valence-electron chi connectivity index (χ3n) is 2.46. The molecule has 2 nitrogen and oxygen atoms in total.